The number of benzene rings is 1. The molecule has 0 fully saturated rings. The van der Waals surface area contributed by atoms with Crippen molar-refractivity contribution < 1.29 is 8.60 Å². The van der Waals surface area contributed by atoms with Crippen molar-refractivity contribution in [3.8, 4) is 0 Å². The summed E-state index contributed by atoms with van der Waals surface area (Å²) in [5, 5.41) is -1.80. The molecule has 0 bridgehead atoms. The Balaban J connectivity index is 3.42. The summed E-state index contributed by atoms with van der Waals surface area (Å²) in [6, 6.07) is 5.44. The van der Waals surface area contributed by atoms with Crippen LogP contribution in [0.2, 0.25) is 0 Å². The van der Waals surface area contributed by atoms with Crippen LogP contribution in [0.4, 0.5) is 4.39 Å². The molecule has 1 atom stereocenters. The Labute approximate surface area is 91.3 Å². The van der Waals surface area contributed by atoms with Gasteiger partial charge in [0.2, 0.25) is 0 Å². The van der Waals surface area contributed by atoms with Crippen LogP contribution in [-0.4, -0.2) is 15.1 Å². The first-order valence-corrected chi connectivity index (χ1v) is 6.52. The summed E-state index contributed by atoms with van der Waals surface area (Å²) in [6.07, 6.45) is 0. The molecule has 0 aliphatic carbocycles. The molecule has 0 aliphatic rings. The van der Waals surface area contributed by atoms with Crippen LogP contribution in [0, 0.1) is 13.8 Å². The van der Waals surface area contributed by atoms with Crippen LogP contribution < -0.4 is 0 Å². The molecule has 1 nitrogen and oxygen atoms in total. The highest BCUT2D eigenvalue weighted by Crippen LogP contribution is 2.29. The van der Waals surface area contributed by atoms with Gasteiger partial charge >= 0.3 is 0 Å². The molecular weight excluding hydrogens is 211 g/mol. The second kappa shape index (κ2) is 3.63. The zero-order valence-corrected chi connectivity index (χ0v) is 10.5. The zero-order chi connectivity index (χ0) is 11.9. The van der Waals surface area contributed by atoms with Crippen LogP contribution in [0.3, 0.4) is 0 Å². The summed E-state index contributed by atoms with van der Waals surface area (Å²) < 4.78 is 26.1. The first kappa shape index (κ1) is 12.2. The third kappa shape index (κ3) is 2.23. The van der Waals surface area contributed by atoms with E-state index >= 15 is 0 Å². The van der Waals surface area contributed by atoms with E-state index in [1.807, 2.05) is 26.0 Å². The Bertz CT molecular complexity index is 467. The standard InChI is InChI=1S/C12H17FOS/c1-9-6-7-11(10(2)8-9)15(5,14)12(3,4)13/h6-8H,5H2,1-4H3. The van der Waals surface area contributed by atoms with E-state index in [1.165, 1.54) is 13.8 Å². The van der Waals surface area contributed by atoms with Crippen LogP contribution in [0.5, 0.6) is 0 Å². The average Bonchev–Trinajstić information content (AvgIpc) is 2.00. The largest absolute Gasteiger partial charge is 0.260 e. The van der Waals surface area contributed by atoms with Gasteiger partial charge in [0, 0.05) is 14.4 Å². The van der Waals surface area contributed by atoms with Gasteiger partial charge in [0.1, 0.15) is 0 Å². The van der Waals surface area contributed by atoms with Gasteiger partial charge in [0.05, 0.1) is 0 Å². The molecule has 1 rings (SSSR count). The lowest BCUT2D eigenvalue weighted by molar-refractivity contribution is 0.332. The summed E-state index contributed by atoms with van der Waals surface area (Å²) in [6.45, 7) is 6.39. The summed E-state index contributed by atoms with van der Waals surface area (Å²) in [5.41, 5.74) is 1.91. The Morgan fingerprint density at radius 2 is 1.87 bits per heavy atom. The molecule has 84 valence electrons. The van der Waals surface area contributed by atoms with Gasteiger partial charge in [0.15, 0.2) is 5.00 Å². The summed E-state index contributed by atoms with van der Waals surface area (Å²) in [7, 11) is -2.89. The highest BCUT2D eigenvalue weighted by Gasteiger charge is 2.30. The highest BCUT2D eigenvalue weighted by molar-refractivity contribution is 8.01. The number of aryl methyl sites for hydroxylation is 2. The molecule has 1 unspecified atom stereocenters. The average molecular weight is 228 g/mol. The van der Waals surface area contributed by atoms with Gasteiger partial charge in [-0.2, -0.15) is 0 Å². The van der Waals surface area contributed by atoms with Crippen molar-refractivity contribution in [1.29, 1.82) is 0 Å². The maximum Gasteiger partial charge on any atom is 0.175 e. The van der Waals surface area contributed by atoms with Crippen molar-refractivity contribution in [2.45, 2.75) is 37.6 Å². The first-order valence-electron chi connectivity index (χ1n) is 4.79. The van der Waals surface area contributed by atoms with Gasteiger partial charge in [-0.15, -0.1) is 0 Å². The summed E-state index contributed by atoms with van der Waals surface area (Å²) in [4.78, 5) is 0.514. The molecule has 1 aromatic rings. The molecule has 0 spiro atoms. The molecular formula is C12H17FOS. The number of hydrogen-bond acceptors (Lipinski definition) is 1. The van der Waals surface area contributed by atoms with E-state index in [-0.39, 0.29) is 0 Å². The fourth-order valence-electron chi connectivity index (χ4n) is 1.43. The fraction of sp³-hybridized carbons (Fsp3) is 0.417. The Morgan fingerprint density at radius 3 is 2.27 bits per heavy atom. The zero-order valence-electron chi connectivity index (χ0n) is 9.63. The van der Waals surface area contributed by atoms with Gasteiger partial charge in [0.25, 0.3) is 0 Å². The van der Waals surface area contributed by atoms with E-state index < -0.39 is 14.5 Å². The van der Waals surface area contributed by atoms with E-state index in [0.717, 1.165) is 11.1 Å². The molecule has 0 aliphatic heterocycles. The number of alkyl halides is 1. The minimum atomic E-state index is -2.89. The fourth-order valence-corrected chi connectivity index (χ4v) is 2.82. The third-order valence-corrected chi connectivity index (χ3v) is 5.21. The van der Waals surface area contributed by atoms with Crippen LogP contribution in [0.15, 0.2) is 23.1 Å². The minimum absolute atomic E-state index is 0.514. The first-order chi connectivity index (χ1) is 6.66. The maximum atomic E-state index is 13.8. The lowest BCUT2D eigenvalue weighted by atomic mass is 10.2. The topological polar surface area (TPSA) is 17.1 Å². The van der Waals surface area contributed by atoms with E-state index in [0.29, 0.717) is 4.90 Å². The minimum Gasteiger partial charge on any atom is -0.260 e. The maximum absolute atomic E-state index is 13.8. The van der Waals surface area contributed by atoms with Crippen molar-refractivity contribution in [1.82, 2.24) is 0 Å². The number of halogens is 1. The van der Waals surface area contributed by atoms with Gasteiger partial charge in [-0.1, -0.05) is 17.7 Å². The molecule has 0 N–H and O–H groups in total. The molecule has 0 saturated heterocycles. The van der Waals surface area contributed by atoms with Crippen LogP contribution in [-0.2, 0) is 9.52 Å². The second-order valence-electron chi connectivity index (χ2n) is 4.31. The molecule has 0 saturated carbocycles. The van der Waals surface area contributed by atoms with Gasteiger partial charge in [-0.25, -0.2) is 4.39 Å². The molecule has 15 heavy (non-hydrogen) atoms. The molecule has 0 aromatic heterocycles. The second-order valence-corrected chi connectivity index (χ2v) is 7.07. The number of hydrogen-bond donors (Lipinski definition) is 0. The lowest BCUT2D eigenvalue weighted by Crippen LogP contribution is -2.26. The summed E-state index contributed by atoms with van der Waals surface area (Å²) in [5.74, 6) is 3.55. The SMILES string of the molecule is C=S(=O)(c1ccc(C)cc1C)C(C)(C)F. The normalized spacial score (nSPS) is 16.1. The highest BCUT2D eigenvalue weighted by atomic mass is 32.2. The monoisotopic (exact) mass is 228 g/mol. The van der Waals surface area contributed by atoms with Crippen molar-refractivity contribution >= 4 is 15.4 Å². The van der Waals surface area contributed by atoms with Crippen molar-refractivity contribution in [2.75, 3.05) is 0 Å². The van der Waals surface area contributed by atoms with Gasteiger partial charge < -0.3 is 0 Å². The van der Waals surface area contributed by atoms with Crippen LogP contribution >= 0.6 is 0 Å². The van der Waals surface area contributed by atoms with Crippen molar-refractivity contribution in [3.63, 3.8) is 0 Å². The van der Waals surface area contributed by atoms with E-state index in [9.17, 15) is 8.60 Å². The smallest absolute Gasteiger partial charge is 0.175 e. The van der Waals surface area contributed by atoms with Gasteiger partial charge in [-0.3, -0.25) is 4.21 Å². The van der Waals surface area contributed by atoms with E-state index in [2.05, 4.69) is 5.87 Å². The van der Waals surface area contributed by atoms with Crippen LogP contribution in [0.25, 0.3) is 0 Å². The third-order valence-electron chi connectivity index (χ3n) is 2.47. The number of rotatable bonds is 2. The Hall–Kier alpha value is -0.830. The van der Waals surface area contributed by atoms with E-state index in [4.69, 9.17) is 0 Å². The van der Waals surface area contributed by atoms with E-state index in [1.54, 1.807) is 6.07 Å². The predicted octanol–water partition coefficient (Wildman–Crippen LogP) is 3.08. The molecule has 3 heteroatoms. The Morgan fingerprint density at radius 1 is 1.33 bits per heavy atom. The Kier molecular flexibility index (Phi) is 2.97. The van der Waals surface area contributed by atoms with Crippen molar-refractivity contribution in [2.24, 2.45) is 0 Å². The van der Waals surface area contributed by atoms with Gasteiger partial charge in [-0.05, 0) is 45.2 Å². The molecule has 0 amide bonds. The van der Waals surface area contributed by atoms with Crippen molar-refractivity contribution in [3.05, 3.63) is 29.3 Å². The quantitative estimate of drug-likeness (QED) is 0.711. The summed E-state index contributed by atoms with van der Waals surface area (Å²) >= 11 is 0. The lowest BCUT2D eigenvalue weighted by Gasteiger charge is -2.22. The predicted molar refractivity (Wildman–Crippen MR) is 64.6 cm³/mol. The molecule has 1 aromatic carbocycles. The molecule has 0 radical (unpaired) electrons. The molecule has 0 heterocycles. The van der Waals surface area contributed by atoms with Crippen LogP contribution in [0.1, 0.15) is 25.0 Å².